The summed E-state index contributed by atoms with van der Waals surface area (Å²) in [4.78, 5) is 12.6. The Labute approximate surface area is 198 Å². The molecule has 1 aliphatic carbocycles. The first kappa shape index (κ1) is 24.9. The van der Waals surface area contributed by atoms with Crippen LogP contribution in [0, 0.1) is 11.8 Å². The predicted molar refractivity (Wildman–Crippen MR) is 133 cm³/mol. The van der Waals surface area contributed by atoms with Crippen molar-refractivity contribution in [1.29, 1.82) is 0 Å². The minimum Gasteiger partial charge on any atom is -0.426 e. The molecule has 1 heterocycles. The zero-order valence-corrected chi connectivity index (χ0v) is 20.8. The molecule has 0 amide bonds. The van der Waals surface area contributed by atoms with Crippen molar-refractivity contribution in [2.45, 2.75) is 104 Å². The first-order valence-corrected chi connectivity index (χ1v) is 13.7. The molecule has 1 saturated carbocycles. The van der Waals surface area contributed by atoms with E-state index < -0.39 is 0 Å². The lowest BCUT2D eigenvalue weighted by atomic mass is 9.80. The van der Waals surface area contributed by atoms with Crippen LogP contribution in [0.2, 0.25) is 0 Å². The van der Waals surface area contributed by atoms with Crippen LogP contribution in [0.1, 0.15) is 102 Å². The molecule has 0 radical (unpaired) electrons. The van der Waals surface area contributed by atoms with Crippen molar-refractivity contribution in [1.82, 2.24) is 10.2 Å². The van der Waals surface area contributed by atoms with E-state index in [1.165, 1.54) is 70.6 Å². The van der Waals surface area contributed by atoms with E-state index in [1.54, 1.807) is 11.3 Å². The van der Waals surface area contributed by atoms with Gasteiger partial charge in [-0.05, 0) is 62.3 Å². The van der Waals surface area contributed by atoms with E-state index in [1.807, 2.05) is 24.3 Å². The average molecular weight is 457 g/mol. The van der Waals surface area contributed by atoms with Crippen LogP contribution < -0.4 is 4.74 Å². The highest BCUT2D eigenvalue weighted by Gasteiger charge is 2.27. The third-order valence-electron chi connectivity index (χ3n) is 6.68. The second-order valence-electron chi connectivity index (χ2n) is 9.32. The van der Waals surface area contributed by atoms with Crippen LogP contribution in [0.4, 0.5) is 0 Å². The SMILES string of the molecule is CCCCCCCc1nnc(-c2ccc(OC(=O)C3CCC(CCCCC)CC3)cc2)s1. The van der Waals surface area contributed by atoms with Crippen molar-refractivity contribution >= 4 is 17.3 Å². The summed E-state index contributed by atoms with van der Waals surface area (Å²) in [6.07, 6.45) is 16.9. The molecule has 0 saturated heterocycles. The Balaban J connectivity index is 1.42. The maximum Gasteiger partial charge on any atom is 0.314 e. The van der Waals surface area contributed by atoms with E-state index in [-0.39, 0.29) is 11.9 Å². The summed E-state index contributed by atoms with van der Waals surface area (Å²) in [6.45, 7) is 4.49. The van der Waals surface area contributed by atoms with Gasteiger partial charge in [0.25, 0.3) is 0 Å². The summed E-state index contributed by atoms with van der Waals surface area (Å²) in [6, 6.07) is 7.74. The first-order valence-electron chi connectivity index (χ1n) is 12.8. The van der Waals surface area contributed by atoms with E-state index in [4.69, 9.17) is 4.74 Å². The topological polar surface area (TPSA) is 52.1 Å². The molecule has 0 N–H and O–H groups in total. The Morgan fingerprint density at radius 1 is 0.906 bits per heavy atom. The van der Waals surface area contributed by atoms with Gasteiger partial charge in [-0.25, -0.2) is 0 Å². The molecule has 0 spiro atoms. The van der Waals surface area contributed by atoms with Crippen LogP contribution in [0.25, 0.3) is 10.6 Å². The number of benzene rings is 1. The Bertz CT molecular complexity index is 794. The molecule has 0 aliphatic heterocycles. The van der Waals surface area contributed by atoms with Crippen molar-refractivity contribution in [2.24, 2.45) is 11.8 Å². The second kappa shape index (κ2) is 13.7. The minimum atomic E-state index is -0.0639. The molecule has 0 unspecified atom stereocenters. The Morgan fingerprint density at radius 2 is 1.59 bits per heavy atom. The third-order valence-corrected chi connectivity index (χ3v) is 7.71. The minimum absolute atomic E-state index is 0.0557. The molecular weight excluding hydrogens is 416 g/mol. The number of ether oxygens (including phenoxy) is 1. The van der Waals surface area contributed by atoms with Crippen LogP contribution in [-0.2, 0) is 11.2 Å². The van der Waals surface area contributed by atoms with Gasteiger partial charge in [-0.3, -0.25) is 4.79 Å². The fourth-order valence-electron chi connectivity index (χ4n) is 4.59. The van der Waals surface area contributed by atoms with Gasteiger partial charge in [0.2, 0.25) is 0 Å². The second-order valence-corrected chi connectivity index (χ2v) is 10.4. The monoisotopic (exact) mass is 456 g/mol. The highest BCUT2D eigenvalue weighted by Crippen LogP contribution is 2.33. The summed E-state index contributed by atoms with van der Waals surface area (Å²) in [5.41, 5.74) is 1.03. The summed E-state index contributed by atoms with van der Waals surface area (Å²) < 4.78 is 5.70. The smallest absolute Gasteiger partial charge is 0.314 e. The summed E-state index contributed by atoms with van der Waals surface area (Å²) in [7, 11) is 0. The van der Waals surface area contributed by atoms with Crippen LogP contribution in [0.15, 0.2) is 24.3 Å². The van der Waals surface area contributed by atoms with Crippen LogP contribution >= 0.6 is 11.3 Å². The third kappa shape index (κ3) is 7.99. The van der Waals surface area contributed by atoms with Crippen molar-refractivity contribution < 1.29 is 9.53 Å². The van der Waals surface area contributed by atoms with Crippen LogP contribution in [-0.4, -0.2) is 16.2 Å². The molecule has 2 aromatic rings. The lowest BCUT2D eigenvalue weighted by Crippen LogP contribution is -2.25. The Kier molecular flexibility index (Phi) is 10.7. The molecule has 5 heteroatoms. The zero-order chi connectivity index (χ0) is 22.6. The van der Waals surface area contributed by atoms with Crippen molar-refractivity contribution in [3.8, 4) is 16.3 Å². The van der Waals surface area contributed by atoms with E-state index in [9.17, 15) is 4.79 Å². The van der Waals surface area contributed by atoms with Gasteiger partial charge in [0.05, 0.1) is 5.92 Å². The fourth-order valence-corrected chi connectivity index (χ4v) is 5.47. The Morgan fingerprint density at radius 3 is 2.31 bits per heavy atom. The van der Waals surface area contributed by atoms with Crippen LogP contribution in [0.5, 0.6) is 5.75 Å². The van der Waals surface area contributed by atoms with Crippen LogP contribution in [0.3, 0.4) is 0 Å². The number of unbranched alkanes of at least 4 members (excludes halogenated alkanes) is 6. The fraction of sp³-hybridized carbons (Fsp3) is 0.667. The lowest BCUT2D eigenvalue weighted by Gasteiger charge is -2.27. The van der Waals surface area contributed by atoms with E-state index in [0.29, 0.717) is 5.75 Å². The molecule has 1 aromatic heterocycles. The molecule has 1 aromatic carbocycles. The molecule has 4 nitrogen and oxygen atoms in total. The number of esters is 1. The highest BCUT2D eigenvalue weighted by atomic mass is 32.1. The standard InChI is InChI=1S/C27H40N2O2S/c1-3-5-7-8-10-12-25-28-29-26(32-25)22-17-19-24(20-18-22)31-27(30)23-15-13-21(14-16-23)11-9-6-4-2/h17-21,23H,3-16H2,1-2H3. The molecule has 1 aliphatic rings. The van der Waals surface area contributed by atoms with Gasteiger partial charge in [0.1, 0.15) is 15.8 Å². The maximum atomic E-state index is 12.6. The van der Waals surface area contributed by atoms with E-state index >= 15 is 0 Å². The van der Waals surface area contributed by atoms with Crippen molar-refractivity contribution in [2.75, 3.05) is 0 Å². The summed E-state index contributed by atoms with van der Waals surface area (Å²) in [5, 5.41) is 10.8. The number of carbonyl (C=O) groups excluding carboxylic acids is 1. The molecule has 176 valence electrons. The summed E-state index contributed by atoms with van der Waals surface area (Å²) >= 11 is 1.67. The van der Waals surface area contributed by atoms with Gasteiger partial charge in [0, 0.05) is 12.0 Å². The number of aromatic nitrogens is 2. The zero-order valence-electron chi connectivity index (χ0n) is 20.0. The Hall–Kier alpha value is -1.75. The van der Waals surface area contributed by atoms with Gasteiger partial charge < -0.3 is 4.74 Å². The van der Waals surface area contributed by atoms with Gasteiger partial charge in [-0.1, -0.05) is 76.6 Å². The van der Waals surface area contributed by atoms with Gasteiger partial charge in [0.15, 0.2) is 0 Å². The molecule has 0 bridgehead atoms. The van der Waals surface area contributed by atoms with Crippen molar-refractivity contribution in [3.05, 3.63) is 29.3 Å². The van der Waals surface area contributed by atoms with Gasteiger partial charge >= 0.3 is 5.97 Å². The number of rotatable bonds is 13. The number of carbonyl (C=O) groups is 1. The number of aryl methyl sites for hydroxylation is 1. The molecule has 32 heavy (non-hydrogen) atoms. The highest BCUT2D eigenvalue weighted by molar-refractivity contribution is 7.14. The average Bonchev–Trinajstić information content (AvgIpc) is 3.29. The number of nitrogens with zero attached hydrogens (tertiary/aromatic N) is 2. The van der Waals surface area contributed by atoms with Crippen molar-refractivity contribution in [3.63, 3.8) is 0 Å². The normalized spacial score (nSPS) is 18.6. The maximum absolute atomic E-state index is 12.6. The van der Waals surface area contributed by atoms with Gasteiger partial charge in [-0.15, -0.1) is 10.2 Å². The van der Waals surface area contributed by atoms with E-state index in [2.05, 4.69) is 24.0 Å². The molecule has 0 atom stereocenters. The lowest BCUT2D eigenvalue weighted by molar-refractivity contribution is -0.140. The summed E-state index contributed by atoms with van der Waals surface area (Å²) in [5.74, 6) is 1.42. The molecule has 3 rings (SSSR count). The first-order chi connectivity index (χ1) is 15.7. The van der Waals surface area contributed by atoms with E-state index in [0.717, 1.165) is 40.8 Å². The van der Waals surface area contributed by atoms with Gasteiger partial charge in [-0.2, -0.15) is 0 Å². The molecular formula is C27H40N2O2S. The largest absolute Gasteiger partial charge is 0.426 e. The number of hydrogen-bond acceptors (Lipinski definition) is 5. The predicted octanol–water partition coefficient (Wildman–Crippen LogP) is 8.01. The number of hydrogen-bond donors (Lipinski definition) is 0. The quantitative estimate of drug-likeness (QED) is 0.174. The molecule has 1 fully saturated rings.